The molecule has 90 valence electrons. The molecule has 0 aromatic heterocycles. The molecular formula is C14H34. The van der Waals surface area contributed by atoms with Crippen molar-refractivity contribution in [2.24, 2.45) is 0 Å². The minimum atomic E-state index is 1.32. The van der Waals surface area contributed by atoms with E-state index in [1.807, 2.05) is 0 Å². The van der Waals surface area contributed by atoms with Crippen LogP contribution in [0, 0.1) is 0 Å². The van der Waals surface area contributed by atoms with Gasteiger partial charge >= 0.3 is 0 Å². The van der Waals surface area contributed by atoms with Crippen molar-refractivity contribution in [2.75, 3.05) is 0 Å². The third kappa shape index (κ3) is 58.1. The van der Waals surface area contributed by atoms with Gasteiger partial charge in [-0.15, -0.1) is 0 Å². The van der Waals surface area contributed by atoms with Gasteiger partial charge in [0.25, 0.3) is 0 Å². The fraction of sp³-hybridized carbons (Fsp3) is 1.00. The fourth-order valence-electron chi connectivity index (χ4n) is 0.500. The molecule has 0 bridgehead atoms. The molecule has 0 aliphatic heterocycles. The molecule has 0 heteroatoms. The predicted octanol–water partition coefficient (Wildman–Crippen LogP) is 6.20. The Kier molecular flexibility index (Phi) is 40.9. The van der Waals surface area contributed by atoms with Crippen molar-refractivity contribution in [2.45, 2.75) is 92.9 Å². The minimum absolute atomic E-state index is 1.32. The van der Waals surface area contributed by atoms with Crippen molar-refractivity contribution < 1.29 is 0 Å². The Morgan fingerprint density at radius 1 is 0.357 bits per heavy atom. The van der Waals surface area contributed by atoms with Crippen LogP contribution in [0.3, 0.4) is 0 Å². The molecule has 0 atom stereocenters. The lowest BCUT2D eigenvalue weighted by Crippen LogP contribution is -1.66. The summed E-state index contributed by atoms with van der Waals surface area (Å²) in [6, 6.07) is 0. The van der Waals surface area contributed by atoms with Crippen LogP contribution < -0.4 is 0 Å². The lowest BCUT2D eigenvalue weighted by Gasteiger charge is -1.86. The quantitative estimate of drug-likeness (QED) is 0.466. The van der Waals surface area contributed by atoms with Gasteiger partial charge in [-0.05, 0) is 0 Å². The summed E-state index contributed by atoms with van der Waals surface area (Å²) >= 11 is 0. The van der Waals surface area contributed by atoms with Gasteiger partial charge in [0.2, 0.25) is 0 Å². The average Bonchev–Trinajstić information content (AvgIpc) is 2.27. The topological polar surface area (TPSA) is 0 Å². The second-order valence-electron chi connectivity index (χ2n) is 3.71. The summed E-state index contributed by atoms with van der Waals surface area (Å²) in [7, 11) is 0. The molecule has 0 rings (SSSR count). The summed E-state index contributed by atoms with van der Waals surface area (Å²) in [4.78, 5) is 0. The Hall–Kier alpha value is 0. The lowest BCUT2D eigenvalue weighted by atomic mass is 10.2. The van der Waals surface area contributed by atoms with Gasteiger partial charge in [0, 0.05) is 0 Å². The largest absolute Gasteiger partial charge is 0.0654 e. The van der Waals surface area contributed by atoms with Crippen molar-refractivity contribution in [1.29, 1.82) is 0 Å². The molecule has 0 nitrogen and oxygen atoms in total. The maximum atomic E-state index is 2.23. The number of unbranched alkanes of at least 4 members (excludes halogenated alkanes) is 5. The van der Waals surface area contributed by atoms with E-state index < -0.39 is 0 Å². The molecule has 14 heavy (non-hydrogen) atoms. The zero-order valence-electron chi connectivity index (χ0n) is 11.7. The Labute approximate surface area is 93.5 Å². The van der Waals surface area contributed by atoms with E-state index >= 15 is 0 Å². The van der Waals surface area contributed by atoms with Gasteiger partial charge in [-0.3, -0.25) is 0 Å². The third-order valence-electron chi connectivity index (χ3n) is 1.96. The van der Waals surface area contributed by atoms with Crippen LogP contribution in [0.1, 0.15) is 92.9 Å². The van der Waals surface area contributed by atoms with Crippen molar-refractivity contribution in [3.63, 3.8) is 0 Å². The molecule has 0 N–H and O–H groups in total. The van der Waals surface area contributed by atoms with Crippen LogP contribution in [0.2, 0.25) is 0 Å². The predicted molar refractivity (Wildman–Crippen MR) is 71.0 cm³/mol. The van der Waals surface area contributed by atoms with Crippen molar-refractivity contribution in [3.8, 4) is 0 Å². The van der Waals surface area contributed by atoms with E-state index in [-0.39, 0.29) is 0 Å². The molecule has 0 aromatic rings. The molecular weight excluding hydrogens is 168 g/mol. The smallest absolute Gasteiger partial charge is 0.0536 e. The van der Waals surface area contributed by atoms with E-state index in [4.69, 9.17) is 0 Å². The molecule has 0 aromatic carbocycles. The number of hydrogen-bond acceptors (Lipinski definition) is 0. The van der Waals surface area contributed by atoms with Crippen molar-refractivity contribution in [3.05, 3.63) is 0 Å². The van der Waals surface area contributed by atoms with Gasteiger partial charge < -0.3 is 0 Å². The van der Waals surface area contributed by atoms with E-state index in [2.05, 4.69) is 41.5 Å². The SMILES string of the molecule is CCCC.CCCC.CCCCCC. The molecule has 0 fully saturated rings. The van der Waals surface area contributed by atoms with E-state index in [0.29, 0.717) is 0 Å². The summed E-state index contributed by atoms with van der Waals surface area (Å²) in [6.45, 7) is 13.2. The third-order valence-corrected chi connectivity index (χ3v) is 1.96. The van der Waals surface area contributed by atoms with Gasteiger partial charge in [-0.1, -0.05) is 92.9 Å². The molecule has 0 heterocycles. The van der Waals surface area contributed by atoms with E-state index in [0.717, 1.165) is 0 Å². The fourth-order valence-corrected chi connectivity index (χ4v) is 0.500. The van der Waals surface area contributed by atoms with Crippen molar-refractivity contribution in [1.82, 2.24) is 0 Å². The monoisotopic (exact) mass is 202 g/mol. The summed E-state index contributed by atoms with van der Waals surface area (Å²) in [6.07, 6.45) is 10.8. The van der Waals surface area contributed by atoms with Crippen molar-refractivity contribution >= 4 is 0 Å². The first kappa shape index (κ1) is 19.6. The Balaban J connectivity index is -0.000000135. The summed E-state index contributed by atoms with van der Waals surface area (Å²) in [5.41, 5.74) is 0. The second-order valence-corrected chi connectivity index (χ2v) is 3.71. The highest BCUT2D eigenvalue weighted by molar-refractivity contribution is 4.31. The summed E-state index contributed by atoms with van der Waals surface area (Å²) in [5.74, 6) is 0. The van der Waals surface area contributed by atoms with E-state index in [1.54, 1.807) is 0 Å². The maximum absolute atomic E-state index is 2.23. The highest BCUT2D eigenvalue weighted by atomic mass is 13.8. The number of hydrogen-bond donors (Lipinski definition) is 0. The molecule has 0 aliphatic carbocycles. The molecule has 0 amide bonds. The van der Waals surface area contributed by atoms with Crippen LogP contribution in [0.4, 0.5) is 0 Å². The minimum Gasteiger partial charge on any atom is -0.0654 e. The van der Waals surface area contributed by atoms with Gasteiger partial charge in [0.05, 0.1) is 0 Å². The first-order valence-corrected chi connectivity index (χ1v) is 6.74. The molecule has 0 radical (unpaired) electrons. The highest BCUT2D eigenvalue weighted by Crippen LogP contribution is 1.95. The summed E-state index contributed by atoms with van der Waals surface area (Å²) < 4.78 is 0. The average molecular weight is 202 g/mol. The number of rotatable bonds is 5. The first-order chi connectivity index (χ1) is 6.74. The second kappa shape index (κ2) is 29.2. The van der Waals surface area contributed by atoms with E-state index in [1.165, 1.54) is 51.4 Å². The Morgan fingerprint density at radius 3 is 0.643 bits per heavy atom. The molecule has 0 spiro atoms. The Bertz CT molecular complexity index is 36.0. The zero-order chi connectivity index (χ0) is 11.7. The summed E-state index contributed by atoms with van der Waals surface area (Å²) in [5, 5.41) is 0. The van der Waals surface area contributed by atoms with Crippen LogP contribution >= 0.6 is 0 Å². The van der Waals surface area contributed by atoms with Crippen LogP contribution in [-0.4, -0.2) is 0 Å². The van der Waals surface area contributed by atoms with Gasteiger partial charge in [0.1, 0.15) is 0 Å². The van der Waals surface area contributed by atoms with Gasteiger partial charge in [-0.25, -0.2) is 0 Å². The standard InChI is InChI=1S/C6H14.2C4H10/c1-3-5-6-4-2;2*1-3-4-2/h3-6H2,1-2H3;2*3-4H2,1-2H3. The highest BCUT2D eigenvalue weighted by Gasteiger charge is 1.75. The lowest BCUT2D eigenvalue weighted by molar-refractivity contribution is 0.702. The normalized spacial score (nSPS) is 8.14. The van der Waals surface area contributed by atoms with Gasteiger partial charge in [-0.2, -0.15) is 0 Å². The zero-order valence-corrected chi connectivity index (χ0v) is 11.7. The molecule has 0 aliphatic rings. The molecule has 0 unspecified atom stereocenters. The van der Waals surface area contributed by atoms with Crippen LogP contribution in [0.25, 0.3) is 0 Å². The van der Waals surface area contributed by atoms with E-state index in [9.17, 15) is 0 Å². The first-order valence-electron chi connectivity index (χ1n) is 6.74. The van der Waals surface area contributed by atoms with Crippen LogP contribution in [0.5, 0.6) is 0 Å². The molecule has 0 saturated heterocycles. The Morgan fingerprint density at radius 2 is 0.571 bits per heavy atom. The van der Waals surface area contributed by atoms with Gasteiger partial charge in [0.15, 0.2) is 0 Å². The van der Waals surface area contributed by atoms with Crippen LogP contribution in [0.15, 0.2) is 0 Å². The molecule has 0 saturated carbocycles. The maximum Gasteiger partial charge on any atom is -0.0536 e. The van der Waals surface area contributed by atoms with Crippen LogP contribution in [-0.2, 0) is 0 Å².